The molecule has 0 bridgehead atoms. The Hall–Kier alpha value is -3.00. The Morgan fingerprint density at radius 1 is 0.935 bits per heavy atom. The summed E-state index contributed by atoms with van der Waals surface area (Å²) < 4.78 is 19.8. The number of ketones is 1. The van der Waals surface area contributed by atoms with Crippen LogP contribution in [-0.2, 0) is 14.6 Å². The van der Waals surface area contributed by atoms with Crippen molar-refractivity contribution in [1.29, 1.82) is 0 Å². The van der Waals surface area contributed by atoms with Crippen LogP contribution in [0.1, 0.15) is 143 Å². The average Bonchev–Trinajstić information content (AvgIpc) is 3.10. The van der Waals surface area contributed by atoms with Gasteiger partial charge in [-0.15, -0.1) is 0 Å². The monoisotopic (exact) mass is 647 g/mol. The maximum Gasteiger partial charge on any atom is 0.412 e. The highest BCUT2D eigenvalue weighted by atomic mass is 32.1. The quantitative estimate of drug-likeness (QED) is 0.0483. The van der Waals surface area contributed by atoms with Gasteiger partial charge in [0.25, 0.3) is 5.69 Å². The second-order valence-corrected chi connectivity index (χ2v) is 14.1. The second-order valence-electron chi connectivity index (χ2n) is 13.9. The highest BCUT2D eigenvalue weighted by Crippen LogP contribution is 2.55. The molecule has 0 saturated heterocycles. The van der Waals surface area contributed by atoms with Gasteiger partial charge in [0.15, 0.2) is 5.78 Å². The minimum atomic E-state index is -0.586. The number of carbonyl (C=O) groups is 2. The average molecular weight is 648 g/mol. The summed E-state index contributed by atoms with van der Waals surface area (Å²) in [5.74, 6) is 2.01. The van der Waals surface area contributed by atoms with Gasteiger partial charge in [0.1, 0.15) is 24.3 Å². The maximum absolute atomic E-state index is 13.0. The number of nitrogens with zero attached hydrogens (tertiary/aromatic N) is 1. The lowest BCUT2D eigenvalue weighted by molar-refractivity contribution is -0.672. The Labute approximate surface area is 280 Å². The number of Topliss-reactive ketones (excluding diaryl/α,β-unsaturated/α-hetero) is 1. The number of nitrogens with one attached hydrogen (secondary N) is 1. The minimum absolute atomic E-state index is 0.0184. The number of fused-ring (bicyclic) bond motifs is 1. The van der Waals surface area contributed by atoms with E-state index in [0.29, 0.717) is 42.0 Å². The van der Waals surface area contributed by atoms with Gasteiger partial charge in [0, 0.05) is 34.6 Å². The summed E-state index contributed by atoms with van der Waals surface area (Å²) in [5, 5.41) is 2.99. The molecular weight excluding hydrogens is 596 g/mol. The zero-order chi connectivity index (χ0) is 31.9. The van der Waals surface area contributed by atoms with Crippen LogP contribution in [0.4, 0.5) is 16.2 Å². The number of cyclic esters (lactones) is 1. The molecule has 6 rings (SSSR count). The number of rotatable bonds is 11. The van der Waals surface area contributed by atoms with Gasteiger partial charge in [-0.3, -0.25) is 10.1 Å². The molecule has 3 fully saturated rings. The van der Waals surface area contributed by atoms with Crippen LogP contribution in [-0.4, -0.2) is 29.4 Å². The molecule has 2 aromatic carbocycles. The highest BCUT2D eigenvalue weighted by molar-refractivity contribution is 7.74. The normalized spacial score (nSPS) is 21.2. The van der Waals surface area contributed by atoms with E-state index in [-0.39, 0.29) is 11.9 Å². The topological polar surface area (TPSA) is 76.9 Å². The van der Waals surface area contributed by atoms with E-state index < -0.39 is 5.60 Å². The third kappa shape index (κ3) is 7.12. The predicted octanol–water partition coefficient (Wildman–Crippen LogP) is 10.2. The number of ether oxygens (including phenoxy) is 2. The molecule has 1 amide bonds. The van der Waals surface area contributed by atoms with Gasteiger partial charge in [0.05, 0.1) is 17.9 Å². The highest BCUT2D eigenvalue weighted by Gasteiger charge is 2.53. The number of unbranched alkanes of at least 4 members (excludes halogenated alkanes) is 1. The van der Waals surface area contributed by atoms with Crippen molar-refractivity contribution in [3.05, 3.63) is 53.1 Å². The molecule has 3 aliphatic carbocycles. The van der Waals surface area contributed by atoms with Gasteiger partial charge in [-0.1, -0.05) is 63.9 Å². The van der Waals surface area contributed by atoms with Crippen molar-refractivity contribution < 1.29 is 28.1 Å². The Morgan fingerprint density at radius 2 is 1.59 bits per heavy atom. The number of thiol groups is 1. The van der Waals surface area contributed by atoms with Crippen molar-refractivity contribution in [1.82, 2.24) is 0 Å². The van der Waals surface area contributed by atoms with Crippen LogP contribution in [0.15, 0.2) is 36.4 Å². The van der Waals surface area contributed by atoms with E-state index in [0.717, 1.165) is 49.1 Å². The predicted molar refractivity (Wildman–Crippen MR) is 184 cm³/mol. The number of hydrogen-bond acceptors (Lipinski definition) is 6. The van der Waals surface area contributed by atoms with Crippen LogP contribution in [0.3, 0.4) is 0 Å². The molecule has 2 aromatic rings. The van der Waals surface area contributed by atoms with E-state index in [2.05, 4.69) is 30.4 Å². The smallest absolute Gasteiger partial charge is 0.412 e. The number of amides is 1. The van der Waals surface area contributed by atoms with Gasteiger partial charge in [-0.05, 0) is 87.6 Å². The van der Waals surface area contributed by atoms with Gasteiger partial charge >= 0.3 is 6.09 Å². The Kier molecular flexibility index (Phi) is 10.9. The zero-order valence-electron chi connectivity index (χ0n) is 27.4. The van der Waals surface area contributed by atoms with Crippen LogP contribution in [0.2, 0.25) is 0 Å². The molecule has 0 aromatic heterocycles. The number of anilines is 1. The first-order valence-electron chi connectivity index (χ1n) is 17.9. The fourth-order valence-corrected chi connectivity index (χ4v) is 8.92. The number of hydrogen-bond donors (Lipinski definition) is 2. The summed E-state index contributed by atoms with van der Waals surface area (Å²) in [4.78, 5) is 25.6. The molecule has 3 saturated carbocycles. The number of benzene rings is 2. The summed E-state index contributed by atoms with van der Waals surface area (Å²) >= 11 is 4.12. The molecule has 8 heteroatoms. The van der Waals surface area contributed by atoms with Gasteiger partial charge in [-0.25, -0.2) is 4.79 Å². The molecule has 4 aliphatic rings. The molecule has 0 atom stereocenters. The fraction of sp³-hybridized carbons (Fsp3) is 0.605. The van der Waals surface area contributed by atoms with Crippen LogP contribution < -0.4 is 10.1 Å². The first kappa shape index (κ1) is 32.9. The van der Waals surface area contributed by atoms with Crippen LogP contribution in [0, 0.1) is 11.8 Å². The molecule has 1 aliphatic heterocycles. The van der Waals surface area contributed by atoms with Crippen molar-refractivity contribution in [2.75, 3.05) is 11.9 Å². The first-order chi connectivity index (χ1) is 22.5. The van der Waals surface area contributed by atoms with E-state index in [1.807, 2.05) is 30.5 Å². The molecule has 1 N–H and O–H groups in total. The molecular formula is C38H51N2O5S+. The third-order valence-electron chi connectivity index (χ3n) is 11.0. The molecule has 0 radical (unpaired) electrons. The van der Waals surface area contributed by atoms with E-state index in [4.69, 9.17) is 13.8 Å². The first-order valence-corrected chi connectivity index (χ1v) is 18.2. The standard InChI is InChI=1S/C38H50N2O5S/c1-27(41)33-25-29(28-13-5-2-6-14-28)19-22-36(33)40(45-46)23-11-12-24-43-32-20-21-35-34(26-32)38(44-37(42)39-35,30-15-7-3-8-16-30)31-17-9-4-10-18-31/h19-23,25-26,28,30-31H,2-18,24H2,1H3,(H-,39,42,46)/p+1. The molecule has 1 heterocycles. The Balaban J connectivity index is 1.15. The van der Waals surface area contributed by atoms with E-state index >= 15 is 0 Å². The van der Waals surface area contributed by atoms with Gasteiger partial charge in [-0.2, -0.15) is 4.28 Å². The zero-order valence-corrected chi connectivity index (χ0v) is 28.3. The lowest BCUT2D eigenvalue weighted by atomic mass is 9.62. The molecule has 0 unspecified atom stereocenters. The minimum Gasteiger partial charge on any atom is -0.494 e. The molecule has 248 valence electrons. The van der Waals surface area contributed by atoms with E-state index in [1.54, 1.807) is 11.7 Å². The second kappa shape index (κ2) is 15.3. The lowest BCUT2D eigenvalue weighted by Crippen LogP contribution is -2.51. The van der Waals surface area contributed by atoms with Gasteiger partial charge < -0.3 is 9.47 Å². The van der Waals surface area contributed by atoms with Crippen molar-refractivity contribution in [3.8, 4) is 5.75 Å². The van der Waals surface area contributed by atoms with Crippen LogP contribution in [0.5, 0.6) is 5.75 Å². The van der Waals surface area contributed by atoms with Crippen molar-refractivity contribution in [3.63, 3.8) is 0 Å². The maximum atomic E-state index is 13.0. The lowest BCUT2D eigenvalue weighted by Gasteiger charge is -2.50. The van der Waals surface area contributed by atoms with Crippen molar-refractivity contribution in [2.24, 2.45) is 11.8 Å². The summed E-state index contributed by atoms with van der Waals surface area (Å²) in [6.45, 7) is 2.13. The van der Waals surface area contributed by atoms with Crippen molar-refractivity contribution in [2.45, 2.75) is 128 Å². The summed E-state index contributed by atoms with van der Waals surface area (Å²) in [7, 11) is 0. The fourth-order valence-electron chi connectivity index (χ4n) is 8.77. The summed E-state index contributed by atoms with van der Waals surface area (Å²) in [6.07, 6.45) is 20.9. The molecule has 7 nitrogen and oxygen atoms in total. The Bertz CT molecular complexity index is 1390. The third-order valence-corrected chi connectivity index (χ3v) is 11.2. The van der Waals surface area contributed by atoms with Gasteiger partial charge in [0.2, 0.25) is 6.21 Å². The number of carbonyl (C=O) groups excluding carboxylic acids is 2. The Morgan fingerprint density at radius 3 is 2.22 bits per heavy atom. The summed E-state index contributed by atoms with van der Waals surface area (Å²) in [6, 6.07) is 12.3. The molecule has 0 spiro atoms. The summed E-state index contributed by atoms with van der Waals surface area (Å²) in [5.41, 5.74) is 3.99. The van der Waals surface area contributed by atoms with E-state index in [1.165, 1.54) is 76.2 Å². The van der Waals surface area contributed by atoms with Crippen LogP contribution in [0.25, 0.3) is 0 Å². The SMILES string of the molecule is CC(=O)c1cc(C2CCCCC2)ccc1[N+](=CCCCOc1ccc2c(c1)C(C1CCCCC1)(C1CCCCC1)OC(=O)N2)OS. The van der Waals surface area contributed by atoms with Crippen molar-refractivity contribution >= 4 is 42.4 Å². The van der Waals surface area contributed by atoms with E-state index in [9.17, 15) is 9.59 Å². The van der Waals surface area contributed by atoms with Crippen LogP contribution >= 0.6 is 12.9 Å². The largest absolute Gasteiger partial charge is 0.494 e. The molecule has 46 heavy (non-hydrogen) atoms.